The van der Waals surface area contributed by atoms with E-state index in [2.05, 4.69) is 5.32 Å². The minimum absolute atomic E-state index is 0.0442. The predicted molar refractivity (Wildman–Crippen MR) is 154 cm³/mol. The van der Waals surface area contributed by atoms with Crippen LogP contribution in [0.3, 0.4) is 0 Å². The molecule has 1 unspecified atom stereocenters. The highest BCUT2D eigenvalue weighted by Gasteiger charge is 2.31. The van der Waals surface area contributed by atoms with Gasteiger partial charge in [-0.2, -0.15) is 0 Å². The number of aliphatic carboxylic acids is 1. The first-order valence-electron chi connectivity index (χ1n) is 13.0. The van der Waals surface area contributed by atoms with Crippen LogP contribution in [0.5, 0.6) is 0 Å². The fourth-order valence-corrected chi connectivity index (χ4v) is 5.75. The molecular weight excluding hydrogens is 535 g/mol. The molecule has 3 aromatic carbocycles. The van der Waals surface area contributed by atoms with E-state index in [-0.39, 0.29) is 31.2 Å². The van der Waals surface area contributed by atoms with E-state index in [0.29, 0.717) is 35.0 Å². The Labute approximate surface area is 238 Å². The minimum Gasteiger partial charge on any atom is -0.480 e. The Morgan fingerprint density at radius 1 is 1.03 bits per heavy atom. The molecule has 0 saturated carbocycles. The summed E-state index contributed by atoms with van der Waals surface area (Å²) in [7, 11) is 0. The lowest BCUT2D eigenvalue weighted by atomic mass is 9.95. The normalized spacial score (nSPS) is 16.0. The van der Waals surface area contributed by atoms with Crippen LogP contribution in [0, 0.1) is 19.8 Å². The van der Waals surface area contributed by atoms with E-state index in [9.17, 15) is 19.5 Å². The molecule has 4 rings (SSSR count). The van der Waals surface area contributed by atoms with Crippen molar-refractivity contribution in [1.82, 2.24) is 10.2 Å². The molecule has 0 bridgehead atoms. The van der Waals surface area contributed by atoms with Gasteiger partial charge in [0, 0.05) is 29.6 Å². The third kappa shape index (κ3) is 7.20. The van der Waals surface area contributed by atoms with Crippen molar-refractivity contribution >= 4 is 41.0 Å². The van der Waals surface area contributed by atoms with Gasteiger partial charge in [-0.3, -0.25) is 9.59 Å². The van der Waals surface area contributed by atoms with Crippen LogP contribution in [0.25, 0.3) is 11.1 Å². The number of rotatable bonds is 8. The number of carboxylic acid groups (broad SMARTS) is 1. The summed E-state index contributed by atoms with van der Waals surface area (Å²) in [6.45, 7) is 4.68. The maximum absolute atomic E-state index is 13.1. The van der Waals surface area contributed by atoms with Gasteiger partial charge in [-0.25, -0.2) is 4.79 Å². The monoisotopic (exact) mass is 566 g/mol. The van der Waals surface area contributed by atoms with Crippen molar-refractivity contribution in [2.75, 3.05) is 13.1 Å². The van der Waals surface area contributed by atoms with Crippen LogP contribution in [-0.4, -0.2) is 46.9 Å². The summed E-state index contributed by atoms with van der Waals surface area (Å²) >= 11 is 12.6. The van der Waals surface area contributed by atoms with Gasteiger partial charge >= 0.3 is 5.97 Å². The number of carbonyl (C=O) groups excluding carboxylic acids is 2. The number of amides is 2. The number of likely N-dealkylation sites (tertiary alicyclic amines) is 1. The first-order chi connectivity index (χ1) is 18.6. The molecule has 8 heteroatoms. The van der Waals surface area contributed by atoms with Crippen molar-refractivity contribution in [1.29, 1.82) is 0 Å². The van der Waals surface area contributed by atoms with E-state index < -0.39 is 17.9 Å². The summed E-state index contributed by atoms with van der Waals surface area (Å²) < 4.78 is 0. The predicted octanol–water partition coefficient (Wildman–Crippen LogP) is 5.87. The number of benzene rings is 3. The van der Waals surface area contributed by atoms with Gasteiger partial charge in [-0.1, -0.05) is 71.7 Å². The number of hydrogen-bond acceptors (Lipinski definition) is 3. The van der Waals surface area contributed by atoms with Gasteiger partial charge in [-0.15, -0.1) is 0 Å². The van der Waals surface area contributed by atoms with Crippen molar-refractivity contribution in [3.8, 4) is 11.1 Å². The Morgan fingerprint density at radius 2 is 1.69 bits per heavy atom. The van der Waals surface area contributed by atoms with Crippen LogP contribution in [-0.2, 0) is 27.2 Å². The smallest absolute Gasteiger partial charge is 0.326 e. The van der Waals surface area contributed by atoms with Crippen molar-refractivity contribution in [3.63, 3.8) is 0 Å². The molecule has 2 atom stereocenters. The van der Waals surface area contributed by atoms with Crippen LogP contribution in [0.4, 0.5) is 0 Å². The molecule has 2 N–H and O–H groups in total. The standard InChI is InChI=1S/C31H32Cl2N2O4/c1-19-14-26(32)25(27(33)15-19)17-29(36)35-13-5-7-23(18-35)30(37)34-28(31(38)39)16-21-9-11-22(12-10-21)24-8-4-3-6-20(24)2/h3-4,6,8-12,14-15,23,28H,5,7,13,16-18H2,1-2H3,(H,34,37)(H,38,39)/t23?,28-/m0/s1. The van der Waals surface area contributed by atoms with E-state index >= 15 is 0 Å². The van der Waals surface area contributed by atoms with Crippen LogP contribution in [0.2, 0.25) is 10.0 Å². The third-order valence-electron chi connectivity index (χ3n) is 7.22. The topological polar surface area (TPSA) is 86.7 Å². The van der Waals surface area contributed by atoms with Crippen LogP contribution < -0.4 is 5.32 Å². The number of carbonyl (C=O) groups is 3. The molecule has 3 aromatic rings. The highest BCUT2D eigenvalue weighted by Crippen LogP contribution is 2.28. The quantitative estimate of drug-likeness (QED) is 0.357. The molecule has 1 aliphatic rings. The third-order valence-corrected chi connectivity index (χ3v) is 7.90. The molecule has 1 aliphatic heterocycles. The lowest BCUT2D eigenvalue weighted by Crippen LogP contribution is -2.50. The zero-order chi connectivity index (χ0) is 28.1. The van der Waals surface area contributed by atoms with Crippen molar-refractivity contribution < 1.29 is 19.5 Å². The second-order valence-electron chi connectivity index (χ2n) is 10.2. The summed E-state index contributed by atoms with van der Waals surface area (Å²) in [5, 5.41) is 13.4. The first-order valence-corrected chi connectivity index (χ1v) is 13.8. The average Bonchev–Trinajstić information content (AvgIpc) is 2.91. The number of halogens is 2. The Hall–Kier alpha value is -3.35. The summed E-state index contributed by atoms with van der Waals surface area (Å²) in [6.07, 6.45) is 1.44. The lowest BCUT2D eigenvalue weighted by Gasteiger charge is -2.33. The van der Waals surface area contributed by atoms with Crippen molar-refractivity contribution in [3.05, 3.63) is 93.0 Å². The second kappa shape index (κ2) is 12.7. The van der Waals surface area contributed by atoms with Gasteiger partial charge in [0.15, 0.2) is 0 Å². The molecule has 1 fully saturated rings. The number of nitrogens with one attached hydrogen (secondary N) is 1. The van der Waals surface area contributed by atoms with Crippen LogP contribution in [0.1, 0.15) is 35.1 Å². The maximum atomic E-state index is 13.1. The average molecular weight is 568 g/mol. The largest absolute Gasteiger partial charge is 0.480 e. The van der Waals surface area contributed by atoms with E-state index in [1.54, 1.807) is 17.0 Å². The molecule has 2 amide bonds. The van der Waals surface area contributed by atoms with E-state index in [1.165, 1.54) is 0 Å². The SMILES string of the molecule is Cc1cc(Cl)c(CC(=O)N2CCCC(C(=O)N[C@@H](Cc3ccc(-c4ccccc4C)cc3)C(=O)O)C2)c(Cl)c1. The second-order valence-corrected chi connectivity index (χ2v) is 11.0. The summed E-state index contributed by atoms with van der Waals surface area (Å²) in [4.78, 5) is 39.8. The highest BCUT2D eigenvalue weighted by molar-refractivity contribution is 6.36. The van der Waals surface area contributed by atoms with E-state index in [4.69, 9.17) is 23.2 Å². The van der Waals surface area contributed by atoms with Gasteiger partial charge in [0.05, 0.1) is 12.3 Å². The lowest BCUT2D eigenvalue weighted by molar-refractivity contribution is -0.143. The Morgan fingerprint density at radius 3 is 2.33 bits per heavy atom. The molecule has 0 aliphatic carbocycles. The van der Waals surface area contributed by atoms with Gasteiger partial charge in [0.2, 0.25) is 11.8 Å². The molecule has 204 valence electrons. The van der Waals surface area contributed by atoms with Gasteiger partial charge in [0.1, 0.15) is 6.04 Å². The zero-order valence-electron chi connectivity index (χ0n) is 22.0. The van der Waals surface area contributed by atoms with Crippen LogP contribution in [0.15, 0.2) is 60.7 Å². The first kappa shape index (κ1) is 28.7. The molecule has 0 aromatic heterocycles. The Bertz CT molecular complexity index is 1350. The summed E-state index contributed by atoms with van der Waals surface area (Å²) in [5.74, 6) is -2.11. The van der Waals surface area contributed by atoms with Crippen LogP contribution >= 0.6 is 23.2 Å². The molecule has 1 heterocycles. The molecule has 39 heavy (non-hydrogen) atoms. The fourth-order valence-electron chi connectivity index (χ4n) is 5.02. The molecular formula is C31H32Cl2N2O4. The summed E-state index contributed by atoms with van der Waals surface area (Å²) in [6, 6.07) is 18.3. The summed E-state index contributed by atoms with van der Waals surface area (Å²) in [5.41, 5.74) is 5.62. The molecule has 0 spiro atoms. The Kier molecular flexibility index (Phi) is 9.31. The van der Waals surface area contributed by atoms with E-state index in [0.717, 1.165) is 27.8 Å². The minimum atomic E-state index is -1.10. The van der Waals surface area contributed by atoms with Gasteiger partial charge in [0.25, 0.3) is 0 Å². The number of carboxylic acids is 1. The Balaban J connectivity index is 1.37. The highest BCUT2D eigenvalue weighted by atomic mass is 35.5. The van der Waals surface area contributed by atoms with Gasteiger partial charge < -0.3 is 15.3 Å². The van der Waals surface area contributed by atoms with Crippen molar-refractivity contribution in [2.24, 2.45) is 5.92 Å². The molecule has 0 radical (unpaired) electrons. The number of hydrogen-bond donors (Lipinski definition) is 2. The number of aryl methyl sites for hydroxylation is 2. The van der Waals surface area contributed by atoms with E-state index in [1.807, 2.05) is 62.4 Å². The van der Waals surface area contributed by atoms with Crippen molar-refractivity contribution in [2.45, 2.75) is 45.6 Å². The zero-order valence-corrected chi connectivity index (χ0v) is 23.6. The molecule has 6 nitrogen and oxygen atoms in total. The van der Waals surface area contributed by atoms with Gasteiger partial charge in [-0.05, 0) is 72.2 Å². The number of piperidine rings is 1. The fraction of sp³-hybridized carbons (Fsp3) is 0.323. The maximum Gasteiger partial charge on any atom is 0.326 e. The number of nitrogens with zero attached hydrogens (tertiary/aromatic N) is 1. The molecule has 1 saturated heterocycles.